The van der Waals surface area contributed by atoms with Crippen LogP contribution in [0.25, 0.3) is 0 Å². The molecule has 0 radical (unpaired) electrons. The van der Waals surface area contributed by atoms with Crippen molar-refractivity contribution in [2.75, 3.05) is 0 Å². The van der Waals surface area contributed by atoms with Crippen LogP contribution >= 0.6 is 0 Å². The average Bonchev–Trinajstić information content (AvgIpc) is 3.25. The van der Waals surface area contributed by atoms with E-state index in [4.69, 9.17) is 4.74 Å². The molecule has 0 unspecified atom stereocenters. The summed E-state index contributed by atoms with van der Waals surface area (Å²) >= 11 is 0. The third-order valence-corrected chi connectivity index (χ3v) is 11.5. The smallest absolute Gasteiger partial charge is 0.306 e. The van der Waals surface area contributed by atoms with Crippen LogP contribution in [0.15, 0.2) is 42.0 Å². The summed E-state index contributed by atoms with van der Waals surface area (Å²) in [6, 6.07) is 9.86. The third kappa shape index (κ3) is 4.62. The minimum Gasteiger partial charge on any atom is -0.461 e. The molecule has 4 aliphatic carbocycles. The zero-order chi connectivity index (χ0) is 26.4. The van der Waals surface area contributed by atoms with Crippen molar-refractivity contribution in [2.45, 2.75) is 98.2 Å². The van der Waals surface area contributed by atoms with Crippen molar-refractivity contribution in [3.63, 3.8) is 0 Å². The first kappa shape index (κ1) is 26.7. The number of Topliss-reactive ketones (excluding diaryl/α,β-unsaturated/α-hetero) is 1. The summed E-state index contributed by atoms with van der Waals surface area (Å²) in [7, 11) is 0. The molecule has 0 amide bonds. The van der Waals surface area contributed by atoms with Crippen molar-refractivity contribution in [3.8, 4) is 0 Å². The lowest BCUT2D eigenvalue weighted by Crippen LogP contribution is -2.58. The number of rotatable bonds is 6. The van der Waals surface area contributed by atoms with E-state index in [2.05, 4.69) is 26.8 Å². The van der Waals surface area contributed by atoms with Crippen molar-refractivity contribution >= 4 is 11.8 Å². The number of fused-ring (bicyclic) bond motifs is 5. The maximum Gasteiger partial charge on any atom is 0.306 e. The standard InChI is InChI=1S/C33H46O4/c1-5-24-28-19-23(34)15-17-33(28,4)27-16-18-32(3)25(12-13-26(32)30(27)31(24)36)21(2)11-14-29(35)37-20-22-9-7-6-8-10-22/h5-10,21,23,25-28,30,34H,11-20H2,1-4H3/b24-5+/t21-,23-,25-,26+,27+,28+,30+,32-,33-/m1/s1. The van der Waals surface area contributed by atoms with E-state index >= 15 is 0 Å². The lowest BCUT2D eigenvalue weighted by molar-refractivity contribution is -0.150. The number of carbonyl (C=O) groups excluding carboxylic acids is 2. The minimum absolute atomic E-state index is 0.113. The van der Waals surface area contributed by atoms with Gasteiger partial charge in [0.15, 0.2) is 5.78 Å². The first-order chi connectivity index (χ1) is 17.7. The van der Waals surface area contributed by atoms with Gasteiger partial charge < -0.3 is 9.84 Å². The second kappa shape index (κ2) is 10.3. The number of ether oxygens (including phenoxy) is 1. The maximum absolute atomic E-state index is 14.0. The fourth-order valence-electron chi connectivity index (χ4n) is 9.52. The normalized spacial score (nSPS) is 41.0. The Morgan fingerprint density at radius 2 is 1.78 bits per heavy atom. The van der Waals surface area contributed by atoms with Crippen LogP contribution in [-0.2, 0) is 20.9 Å². The molecule has 1 N–H and O–H groups in total. The Bertz CT molecular complexity index is 1030. The van der Waals surface area contributed by atoms with Crippen molar-refractivity contribution in [1.29, 1.82) is 0 Å². The number of ketones is 1. The number of benzene rings is 1. The summed E-state index contributed by atoms with van der Waals surface area (Å²) in [6.45, 7) is 9.56. The lowest BCUT2D eigenvalue weighted by Gasteiger charge is -2.61. The summed E-state index contributed by atoms with van der Waals surface area (Å²) in [5.74, 6) is 2.43. The molecular weight excluding hydrogens is 460 g/mol. The van der Waals surface area contributed by atoms with Crippen LogP contribution in [0.4, 0.5) is 0 Å². The molecule has 4 heteroatoms. The average molecular weight is 507 g/mol. The van der Waals surface area contributed by atoms with Gasteiger partial charge in [-0.1, -0.05) is 57.2 Å². The zero-order valence-corrected chi connectivity index (χ0v) is 23.2. The second-order valence-electron chi connectivity index (χ2n) is 13.2. The molecule has 0 spiro atoms. The number of esters is 1. The zero-order valence-electron chi connectivity index (χ0n) is 23.2. The Hall–Kier alpha value is -1.94. The molecule has 9 atom stereocenters. The summed E-state index contributed by atoms with van der Waals surface area (Å²) in [6.07, 6.45) is 10.3. The number of hydrogen-bond donors (Lipinski definition) is 1. The van der Waals surface area contributed by atoms with E-state index < -0.39 is 0 Å². The van der Waals surface area contributed by atoms with Crippen molar-refractivity contribution < 1.29 is 19.4 Å². The van der Waals surface area contributed by atoms with E-state index in [9.17, 15) is 14.7 Å². The Labute approximate surface area is 223 Å². The molecule has 5 rings (SSSR count). The lowest BCUT2D eigenvalue weighted by atomic mass is 9.43. The summed E-state index contributed by atoms with van der Waals surface area (Å²) in [5.41, 5.74) is 2.30. The highest BCUT2D eigenvalue weighted by atomic mass is 16.5. The van der Waals surface area contributed by atoms with Crippen LogP contribution in [0.2, 0.25) is 0 Å². The minimum atomic E-state index is -0.276. The van der Waals surface area contributed by atoms with Crippen LogP contribution in [-0.4, -0.2) is 23.0 Å². The highest BCUT2D eigenvalue weighted by Crippen LogP contribution is 2.68. The van der Waals surface area contributed by atoms with Gasteiger partial charge in [-0.3, -0.25) is 9.59 Å². The third-order valence-electron chi connectivity index (χ3n) is 11.5. The second-order valence-corrected chi connectivity index (χ2v) is 13.2. The predicted molar refractivity (Wildman–Crippen MR) is 145 cm³/mol. The van der Waals surface area contributed by atoms with Gasteiger partial charge in [0.2, 0.25) is 0 Å². The van der Waals surface area contributed by atoms with Crippen LogP contribution in [0.1, 0.15) is 91.0 Å². The van der Waals surface area contributed by atoms with Gasteiger partial charge in [-0.2, -0.15) is 0 Å². The predicted octanol–water partition coefficient (Wildman–Crippen LogP) is 6.90. The van der Waals surface area contributed by atoms with Gasteiger partial charge in [-0.05, 0) is 110 Å². The molecule has 1 aromatic carbocycles. The fraction of sp³-hybridized carbons (Fsp3) is 0.697. The Morgan fingerprint density at radius 3 is 2.51 bits per heavy atom. The number of allylic oxidation sites excluding steroid dienone is 2. The van der Waals surface area contributed by atoms with Gasteiger partial charge in [0.25, 0.3) is 0 Å². The number of aliphatic hydroxyl groups is 1. The van der Waals surface area contributed by atoms with Crippen LogP contribution < -0.4 is 0 Å². The number of carbonyl (C=O) groups is 2. The first-order valence-electron chi connectivity index (χ1n) is 14.8. The Balaban J connectivity index is 1.27. The first-order valence-corrected chi connectivity index (χ1v) is 14.8. The van der Waals surface area contributed by atoms with Crippen molar-refractivity contribution in [3.05, 3.63) is 47.5 Å². The maximum atomic E-state index is 14.0. The van der Waals surface area contributed by atoms with Gasteiger partial charge in [-0.15, -0.1) is 0 Å². The van der Waals surface area contributed by atoms with Gasteiger partial charge in [0, 0.05) is 12.3 Å². The number of hydrogen-bond acceptors (Lipinski definition) is 4. The van der Waals surface area contributed by atoms with Gasteiger partial charge >= 0.3 is 5.97 Å². The Morgan fingerprint density at radius 1 is 1.08 bits per heavy atom. The molecule has 202 valence electrons. The Kier molecular flexibility index (Phi) is 7.44. The van der Waals surface area contributed by atoms with E-state index in [0.29, 0.717) is 42.5 Å². The van der Waals surface area contributed by atoms with Crippen LogP contribution in [0.3, 0.4) is 0 Å². The molecule has 0 aliphatic heterocycles. The highest BCUT2D eigenvalue weighted by molar-refractivity contribution is 5.99. The molecular formula is C33H46O4. The topological polar surface area (TPSA) is 63.6 Å². The molecule has 4 nitrogen and oxygen atoms in total. The molecule has 0 saturated heterocycles. The summed E-state index contributed by atoms with van der Waals surface area (Å²) in [5, 5.41) is 10.5. The van der Waals surface area contributed by atoms with E-state index in [1.807, 2.05) is 37.3 Å². The number of aliphatic hydroxyl groups excluding tert-OH is 1. The van der Waals surface area contributed by atoms with Gasteiger partial charge in [-0.25, -0.2) is 0 Å². The highest BCUT2D eigenvalue weighted by Gasteiger charge is 2.64. The van der Waals surface area contributed by atoms with E-state index in [-0.39, 0.29) is 34.7 Å². The molecule has 4 fully saturated rings. The summed E-state index contributed by atoms with van der Waals surface area (Å²) < 4.78 is 5.54. The molecule has 1 aromatic rings. The van der Waals surface area contributed by atoms with Gasteiger partial charge in [0.05, 0.1) is 6.10 Å². The molecule has 0 aromatic heterocycles. The monoisotopic (exact) mass is 506 g/mol. The van der Waals surface area contributed by atoms with E-state index in [0.717, 1.165) is 56.1 Å². The summed E-state index contributed by atoms with van der Waals surface area (Å²) in [4.78, 5) is 26.5. The molecule has 37 heavy (non-hydrogen) atoms. The van der Waals surface area contributed by atoms with E-state index in [1.54, 1.807) is 0 Å². The molecule has 0 bridgehead atoms. The van der Waals surface area contributed by atoms with Crippen molar-refractivity contribution in [2.24, 2.45) is 46.3 Å². The van der Waals surface area contributed by atoms with Crippen LogP contribution in [0.5, 0.6) is 0 Å². The molecule has 4 aliphatic rings. The van der Waals surface area contributed by atoms with E-state index in [1.165, 1.54) is 6.42 Å². The fourth-order valence-corrected chi connectivity index (χ4v) is 9.52. The molecule has 0 heterocycles. The van der Waals surface area contributed by atoms with Crippen LogP contribution in [0, 0.1) is 46.3 Å². The SMILES string of the molecule is C/C=C1/C(=O)[C@@H]2[C@H](CC[C@]3(C)[C@@H]([C@H](C)CCC(=O)OCc4ccccc4)CC[C@@H]23)[C@@]2(C)CC[C@@H](O)C[C@@H]12. The quantitative estimate of drug-likeness (QED) is 0.337. The van der Waals surface area contributed by atoms with Crippen molar-refractivity contribution in [1.82, 2.24) is 0 Å². The van der Waals surface area contributed by atoms with Gasteiger partial charge in [0.1, 0.15) is 6.61 Å². The largest absolute Gasteiger partial charge is 0.461 e. The molecule has 4 saturated carbocycles.